The quantitative estimate of drug-likeness (QED) is 0.614. The number of nitrogens with zero attached hydrogens (tertiary/aromatic N) is 2. The number of aromatic nitrogens is 2. The first-order valence-corrected chi connectivity index (χ1v) is 6.38. The van der Waals surface area contributed by atoms with Crippen LogP contribution in [0.5, 0.6) is 0 Å². The van der Waals surface area contributed by atoms with Crippen molar-refractivity contribution < 1.29 is 13.2 Å². The van der Waals surface area contributed by atoms with Crippen molar-refractivity contribution in [2.75, 3.05) is 0 Å². The number of alkyl halides is 1. The predicted octanol–water partition coefficient (Wildman–Crippen LogP) is 3.98. The van der Waals surface area contributed by atoms with Crippen LogP contribution < -0.4 is 0 Å². The Morgan fingerprint density at radius 2 is 1.84 bits per heavy atom. The molecule has 2 rings (SSSR count). The van der Waals surface area contributed by atoms with E-state index in [2.05, 4.69) is 5.10 Å². The fraction of sp³-hybridized carbons (Fsp3) is 0.308. The molecule has 0 spiro atoms. The Bertz CT molecular complexity index is 596. The number of halogens is 4. The van der Waals surface area contributed by atoms with Crippen molar-refractivity contribution in [1.82, 2.24) is 9.78 Å². The van der Waals surface area contributed by atoms with E-state index in [1.807, 2.05) is 6.92 Å². The SMILES string of the molecule is CCCc1c(CCl)cnn1-c1cc(F)c(F)cc1F. The van der Waals surface area contributed by atoms with Crippen LogP contribution in [0.1, 0.15) is 24.6 Å². The monoisotopic (exact) mass is 288 g/mol. The fourth-order valence-corrected chi connectivity index (χ4v) is 2.13. The third-order valence-electron chi connectivity index (χ3n) is 2.80. The summed E-state index contributed by atoms with van der Waals surface area (Å²) in [6, 6.07) is 1.32. The molecule has 1 aromatic heterocycles. The highest BCUT2D eigenvalue weighted by atomic mass is 35.5. The molecular formula is C13H12ClF3N2. The third-order valence-corrected chi connectivity index (χ3v) is 3.09. The second-order valence-electron chi connectivity index (χ2n) is 4.13. The summed E-state index contributed by atoms with van der Waals surface area (Å²) in [6.07, 6.45) is 2.94. The van der Waals surface area contributed by atoms with E-state index in [9.17, 15) is 13.2 Å². The van der Waals surface area contributed by atoms with E-state index in [0.717, 1.165) is 18.1 Å². The molecule has 0 aliphatic heterocycles. The lowest BCUT2D eigenvalue weighted by Crippen LogP contribution is -2.07. The summed E-state index contributed by atoms with van der Waals surface area (Å²) < 4.78 is 41.2. The Morgan fingerprint density at radius 3 is 2.47 bits per heavy atom. The highest BCUT2D eigenvalue weighted by molar-refractivity contribution is 6.17. The van der Waals surface area contributed by atoms with Crippen LogP contribution in [-0.2, 0) is 12.3 Å². The summed E-state index contributed by atoms with van der Waals surface area (Å²) >= 11 is 5.78. The van der Waals surface area contributed by atoms with Gasteiger partial charge in [-0.2, -0.15) is 5.10 Å². The highest BCUT2D eigenvalue weighted by Crippen LogP contribution is 2.22. The molecule has 0 radical (unpaired) electrons. The molecular weight excluding hydrogens is 277 g/mol. The molecule has 1 heterocycles. The Hall–Kier alpha value is -1.49. The molecule has 102 valence electrons. The molecule has 0 aliphatic rings. The maximum Gasteiger partial charge on any atom is 0.161 e. The minimum Gasteiger partial charge on any atom is -0.234 e. The van der Waals surface area contributed by atoms with E-state index >= 15 is 0 Å². The summed E-state index contributed by atoms with van der Waals surface area (Å²) in [5, 5.41) is 4.01. The first-order valence-electron chi connectivity index (χ1n) is 5.85. The normalized spacial score (nSPS) is 11.0. The topological polar surface area (TPSA) is 17.8 Å². The van der Waals surface area contributed by atoms with E-state index < -0.39 is 17.5 Å². The zero-order valence-corrected chi connectivity index (χ0v) is 11.0. The average molecular weight is 289 g/mol. The van der Waals surface area contributed by atoms with Crippen molar-refractivity contribution in [2.24, 2.45) is 0 Å². The largest absolute Gasteiger partial charge is 0.234 e. The van der Waals surface area contributed by atoms with Crippen molar-refractivity contribution >= 4 is 11.6 Å². The molecule has 2 aromatic rings. The van der Waals surface area contributed by atoms with Gasteiger partial charge in [-0.25, -0.2) is 17.9 Å². The number of benzene rings is 1. The summed E-state index contributed by atoms with van der Waals surface area (Å²) in [7, 11) is 0. The Balaban J connectivity index is 2.58. The smallest absolute Gasteiger partial charge is 0.161 e. The van der Waals surface area contributed by atoms with Gasteiger partial charge >= 0.3 is 0 Å². The van der Waals surface area contributed by atoms with Crippen LogP contribution in [0.3, 0.4) is 0 Å². The molecule has 0 amide bonds. The maximum absolute atomic E-state index is 13.7. The van der Waals surface area contributed by atoms with Gasteiger partial charge in [0.25, 0.3) is 0 Å². The van der Waals surface area contributed by atoms with Crippen molar-refractivity contribution in [3.63, 3.8) is 0 Å². The van der Waals surface area contributed by atoms with E-state index in [1.54, 1.807) is 0 Å². The highest BCUT2D eigenvalue weighted by Gasteiger charge is 2.16. The van der Waals surface area contributed by atoms with Crippen molar-refractivity contribution in [1.29, 1.82) is 0 Å². The Morgan fingerprint density at radius 1 is 1.16 bits per heavy atom. The van der Waals surface area contributed by atoms with Gasteiger partial charge in [0.05, 0.1) is 12.1 Å². The maximum atomic E-state index is 13.7. The molecule has 0 bridgehead atoms. The summed E-state index contributed by atoms with van der Waals surface area (Å²) in [4.78, 5) is 0. The molecule has 0 N–H and O–H groups in total. The van der Waals surface area contributed by atoms with Crippen molar-refractivity contribution in [2.45, 2.75) is 25.6 Å². The lowest BCUT2D eigenvalue weighted by atomic mass is 10.1. The minimum absolute atomic E-state index is 0.112. The lowest BCUT2D eigenvalue weighted by Gasteiger charge is -2.09. The van der Waals surface area contributed by atoms with E-state index in [0.29, 0.717) is 18.2 Å². The molecule has 0 aliphatic carbocycles. The lowest BCUT2D eigenvalue weighted by molar-refractivity contribution is 0.490. The summed E-state index contributed by atoms with van der Waals surface area (Å²) in [5.41, 5.74) is 1.36. The predicted molar refractivity (Wildman–Crippen MR) is 67.0 cm³/mol. The van der Waals surface area contributed by atoms with Crippen LogP contribution >= 0.6 is 11.6 Å². The Labute approximate surface area is 113 Å². The van der Waals surface area contributed by atoms with Gasteiger partial charge in [0.15, 0.2) is 17.5 Å². The fourth-order valence-electron chi connectivity index (χ4n) is 1.90. The first-order chi connectivity index (χ1) is 9.08. The first kappa shape index (κ1) is 13.9. The van der Waals surface area contributed by atoms with Crippen LogP contribution in [0.25, 0.3) is 5.69 Å². The Kier molecular flexibility index (Phi) is 4.14. The minimum atomic E-state index is -1.22. The second kappa shape index (κ2) is 5.65. The van der Waals surface area contributed by atoms with Gasteiger partial charge in [0.2, 0.25) is 0 Å². The molecule has 0 atom stereocenters. The number of hydrogen-bond acceptors (Lipinski definition) is 1. The van der Waals surface area contributed by atoms with Gasteiger partial charge in [-0.3, -0.25) is 0 Å². The van der Waals surface area contributed by atoms with Crippen molar-refractivity contribution in [3.8, 4) is 5.69 Å². The number of hydrogen-bond donors (Lipinski definition) is 0. The molecule has 0 saturated heterocycles. The van der Waals surface area contributed by atoms with Gasteiger partial charge in [-0.15, -0.1) is 11.6 Å². The average Bonchev–Trinajstić information content (AvgIpc) is 2.77. The van der Waals surface area contributed by atoms with E-state index in [1.165, 1.54) is 10.9 Å². The van der Waals surface area contributed by atoms with Gasteiger partial charge in [-0.05, 0) is 6.42 Å². The molecule has 1 aromatic carbocycles. The number of rotatable bonds is 4. The third kappa shape index (κ3) is 2.61. The van der Waals surface area contributed by atoms with Crippen molar-refractivity contribution in [3.05, 3.63) is 47.0 Å². The summed E-state index contributed by atoms with van der Waals surface area (Å²) in [5.74, 6) is -2.95. The summed E-state index contributed by atoms with van der Waals surface area (Å²) in [6.45, 7) is 1.96. The van der Waals surface area contributed by atoms with Crippen LogP contribution in [0.2, 0.25) is 0 Å². The molecule has 0 unspecified atom stereocenters. The standard InChI is InChI=1S/C13H12ClF3N2/c1-2-3-12-8(6-14)7-18-19(12)13-5-10(16)9(15)4-11(13)17/h4-5,7H,2-3,6H2,1H3. The van der Waals surface area contributed by atoms with Gasteiger partial charge in [-0.1, -0.05) is 13.3 Å². The van der Waals surface area contributed by atoms with Gasteiger partial charge in [0.1, 0.15) is 5.69 Å². The van der Waals surface area contributed by atoms with Gasteiger partial charge < -0.3 is 0 Å². The molecule has 6 heteroatoms. The second-order valence-corrected chi connectivity index (χ2v) is 4.40. The zero-order chi connectivity index (χ0) is 14.0. The molecule has 0 fully saturated rings. The van der Waals surface area contributed by atoms with Crippen LogP contribution in [0, 0.1) is 17.5 Å². The van der Waals surface area contributed by atoms with Crippen LogP contribution in [0.15, 0.2) is 18.3 Å². The van der Waals surface area contributed by atoms with Crippen LogP contribution in [-0.4, -0.2) is 9.78 Å². The molecule has 19 heavy (non-hydrogen) atoms. The molecule has 0 saturated carbocycles. The van der Waals surface area contributed by atoms with Crippen LogP contribution in [0.4, 0.5) is 13.2 Å². The van der Waals surface area contributed by atoms with E-state index in [4.69, 9.17) is 11.6 Å². The van der Waals surface area contributed by atoms with Gasteiger partial charge in [0, 0.05) is 23.4 Å². The molecule has 2 nitrogen and oxygen atoms in total. The zero-order valence-electron chi connectivity index (χ0n) is 10.3. The van der Waals surface area contributed by atoms with E-state index in [-0.39, 0.29) is 11.6 Å².